The number of aryl methyl sites for hydroxylation is 1. The van der Waals surface area contributed by atoms with E-state index in [0.717, 1.165) is 12.8 Å². The molecule has 1 aromatic heterocycles. The molecule has 2 aliphatic rings. The number of nitrogens with one attached hydrogen (secondary N) is 3. The zero-order chi connectivity index (χ0) is 24.3. The Morgan fingerprint density at radius 2 is 1.44 bits per heavy atom. The summed E-state index contributed by atoms with van der Waals surface area (Å²) in [6.45, 7) is 2.17. The summed E-state index contributed by atoms with van der Waals surface area (Å²) >= 11 is 0. The lowest BCUT2D eigenvalue weighted by Crippen LogP contribution is -2.24. The molecule has 2 atom stereocenters. The van der Waals surface area contributed by atoms with Crippen LogP contribution in [0.5, 0.6) is 0 Å². The summed E-state index contributed by atoms with van der Waals surface area (Å²) in [5.41, 5.74) is 3.99. The third-order valence-corrected chi connectivity index (χ3v) is 7.65. The molecule has 0 radical (unpaired) electrons. The minimum Gasteiger partial charge on any atom is -0.351 e. The second-order valence-electron chi connectivity index (χ2n) is 10.2. The Hall–Kier alpha value is -3.67. The monoisotopic (exact) mass is 478 g/mol. The van der Waals surface area contributed by atoms with Crippen LogP contribution in [0.25, 0.3) is 10.8 Å². The van der Waals surface area contributed by atoms with Crippen LogP contribution in [0.4, 0.5) is 17.8 Å². The Bertz CT molecular complexity index is 1340. The van der Waals surface area contributed by atoms with Crippen LogP contribution in [0, 0.1) is 0 Å². The smallest absolute Gasteiger partial charge is 0.229 e. The van der Waals surface area contributed by atoms with Crippen LogP contribution in [-0.4, -0.2) is 21.0 Å². The molecule has 6 rings (SSSR count). The fourth-order valence-corrected chi connectivity index (χ4v) is 5.76. The molecule has 3 aromatic carbocycles. The molecule has 6 nitrogen and oxygen atoms in total. The first kappa shape index (κ1) is 22.8. The first-order valence-electron chi connectivity index (χ1n) is 13.3. The second-order valence-corrected chi connectivity index (χ2v) is 10.2. The number of aromatic nitrogens is 3. The summed E-state index contributed by atoms with van der Waals surface area (Å²) in [6, 6.07) is 24.3. The predicted molar refractivity (Wildman–Crippen MR) is 147 cm³/mol. The van der Waals surface area contributed by atoms with Gasteiger partial charge in [0.15, 0.2) is 0 Å². The van der Waals surface area contributed by atoms with Gasteiger partial charge in [-0.05, 0) is 60.1 Å². The molecule has 6 heteroatoms. The molecule has 0 unspecified atom stereocenters. The van der Waals surface area contributed by atoms with Gasteiger partial charge in [0.2, 0.25) is 17.8 Å². The van der Waals surface area contributed by atoms with Crippen LogP contribution in [0.2, 0.25) is 0 Å². The van der Waals surface area contributed by atoms with E-state index < -0.39 is 0 Å². The van der Waals surface area contributed by atoms with Crippen molar-refractivity contribution in [1.29, 1.82) is 0 Å². The highest BCUT2D eigenvalue weighted by atomic mass is 15.3. The van der Waals surface area contributed by atoms with Crippen molar-refractivity contribution < 1.29 is 0 Å². The first-order chi connectivity index (χ1) is 17.7. The number of fused-ring (bicyclic) bond motifs is 2. The molecule has 0 bridgehead atoms. The Kier molecular flexibility index (Phi) is 6.41. The van der Waals surface area contributed by atoms with E-state index in [4.69, 9.17) is 15.0 Å². The van der Waals surface area contributed by atoms with E-state index in [-0.39, 0.29) is 12.1 Å². The van der Waals surface area contributed by atoms with E-state index in [9.17, 15) is 0 Å². The summed E-state index contributed by atoms with van der Waals surface area (Å²) in [7, 11) is 0. The van der Waals surface area contributed by atoms with Crippen LogP contribution in [0.3, 0.4) is 0 Å². The third-order valence-electron chi connectivity index (χ3n) is 7.65. The number of anilines is 3. The van der Waals surface area contributed by atoms with Crippen molar-refractivity contribution in [3.8, 4) is 0 Å². The van der Waals surface area contributed by atoms with Gasteiger partial charge in [-0.3, -0.25) is 0 Å². The van der Waals surface area contributed by atoms with Crippen LogP contribution >= 0.6 is 0 Å². The van der Waals surface area contributed by atoms with Crippen molar-refractivity contribution in [3.05, 3.63) is 83.4 Å². The van der Waals surface area contributed by atoms with Gasteiger partial charge in [-0.25, -0.2) is 0 Å². The number of rotatable bonds is 7. The SMILES string of the molecule is C[C@@H](Nc1nc(NC2CCCCC2)nc(N[C@H]2CCc3ccccc32)n1)c1cccc2ccccc12. The molecule has 3 N–H and O–H groups in total. The zero-order valence-electron chi connectivity index (χ0n) is 20.9. The maximum atomic E-state index is 4.82. The van der Waals surface area contributed by atoms with E-state index in [0.29, 0.717) is 23.9 Å². The number of hydrogen-bond acceptors (Lipinski definition) is 6. The van der Waals surface area contributed by atoms with Crippen molar-refractivity contribution in [2.24, 2.45) is 0 Å². The van der Waals surface area contributed by atoms with Gasteiger partial charge in [-0.15, -0.1) is 0 Å². The lowest BCUT2D eigenvalue weighted by atomic mass is 9.96. The minimum atomic E-state index is 0.0427. The molecule has 0 aliphatic heterocycles. The van der Waals surface area contributed by atoms with Crippen LogP contribution in [0.15, 0.2) is 66.7 Å². The lowest BCUT2D eigenvalue weighted by molar-refractivity contribution is 0.461. The Balaban J connectivity index is 1.28. The van der Waals surface area contributed by atoms with E-state index in [1.807, 2.05) is 0 Å². The summed E-state index contributed by atoms with van der Waals surface area (Å²) in [5.74, 6) is 1.87. The van der Waals surface area contributed by atoms with Gasteiger partial charge in [0.05, 0.1) is 12.1 Å². The van der Waals surface area contributed by atoms with Crippen molar-refractivity contribution in [2.75, 3.05) is 16.0 Å². The number of nitrogens with zero attached hydrogens (tertiary/aromatic N) is 3. The van der Waals surface area contributed by atoms with Gasteiger partial charge in [0, 0.05) is 6.04 Å². The quantitative estimate of drug-likeness (QED) is 0.264. The minimum absolute atomic E-state index is 0.0427. The molecule has 4 aromatic rings. The molecular formula is C30H34N6. The van der Waals surface area contributed by atoms with E-state index in [1.165, 1.54) is 59.6 Å². The average Bonchev–Trinajstić information content (AvgIpc) is 3.31. The van der Waals surface area contributed by atoms with Gasteiger partial charge in [0.25, 0.3) is 0 Å². The molecule has 1 saturated carbocycles. The maximum absolute atomic E-state index is 4.82. The van der Waals surface area contributed by atoms with Gasteiger partial charge in [0.1, 0.15) is 0 Å². The van der Waals surface area contributed by atoms with Crippen LogP contribution in [0.1, 0.15) is 74.2 Å². The number of benzene rings is 3. The van der Waals surface area contributed by atoms with Gasteiger partial charge >= 0.3 is 0 Å². The topological polar surface area (TPSA) is 74.8 Å². The lowest BCUT2D eigenvalue weighted by Gasteiger charge is -2.24. The van der Waals surface area contributed by atoms with Crippen molar-refractivity contribution in [3.63, 3.8) is 0 Å². The molecule has 0 saturated heterocycles. The van der Waals surface area contributed by atoms with E-state index >= 15 is 0 Å². The molecule has 2 aliphatic carbocycles. The average molecular weight is 479 g/mol. The molecule has 0 amide bonds. The Labute approximate surface area is 213 Å². The maximum Gasteiger partial charge on any atom is 0.229 e. The number of hydrogen-bond donors (Lipinski definition) is 3. The Morgan fingerprint density at radius 3 is 2.33 bits per heavy atom. The molecule has 36 heavy (non-hydrogen) atoms. The summed E-state index contributed by atoms with van der Waals surface area (Å²) < 4.78 is 0. The summed E-state index contributed by atoms with van der Waals surface area (Å²) in [5, 5.41) is 13.3. The van der Waals surface area contributed by atoms with Crippen molar-refractivity contribution >= 4 is 28.6 Å². The fourth-order valence-electron chi connectivity index (χ4n) is 5.76. The van der Waals surface area contributed by atoms with Crippen molar-refractivity contribution in [2.45, 2.75) is 70.0 Å². The third kappa shape index (κ3) is 4.85. The van der Waals surface area contributed by atoms with Crippen LogP contribution in [-0.2, 0) is 6.42 Å². The molecular weight excluding hydrogens is 444 g/mol. The van der Waals surface area contributed by atoms with Crippen LogP contribution < -0.4 is 16.0 Å². The predicted octanol–water partition coefficient (Wildman–Crippen LogP) is 7.04. The highest BCUT2D eigenvalue weighted by molar-refractivity contribution is 5.86. The Morgan fingerprint density at radius 1 is 0.722 bits per heavy atom. The van der Waals surface area contributed by atoms with Gasteiger partial charge < -0.3 is 16.0 Å². The summed E-state index contributed by atoms with van der Waals surface area (Å²) in [6.07, 6.45) is 8.30. The van der Waals surface area contributed by atoms with E-state index in [2.05, 4.69) is 89.6 Å². The first-order valence-corrected chi connectivity index (χ1v) is 13.3. The second kappa shape index (κ2) is 10.1. The van der Waals surface area contributed by atoms with Crippen molar-refractivity contribution in [1.82, 2.24) is 15.0 Å². The molecule has 0 spiro atoms. The standard InChI is InChI=1S/C30H34N6/c1-20(24-17-9-12-21-10-5-7-15-25(21)24)31-28-34-29(32-23-13-3-2-4-14-23)36-30(35-28)33-27-19-18-22-11-6-8-16-26(22)27/h5-12,15-17,20,23,27H,2-4,13-14,18-19H2,1H3,(H3,31,32,33,34,35,36)/t20-,27+/m1/s1. The van der Waals surface area contributed by atoms with Gasteiger partial charge in [-0.2, -0.15) is 15.0 Å². The highest BCUT2D eigenvalue weighted by Gasteiger charge is 2.24. The largest absolute Gasteiger partial charge is 0.351 e. The summed E-state index contributed by atoms with van der Waals surface area (Å²) in [4.78, 5) is 14.4. The normalized spacial score (nSPS) is 18.5. The van der Waals surface area contributed by atoms with E-state index in [1.54, 1.807) is 0 Å². The van der Waals surface area contributed by atoms with Gasteiger partial charge in [-0.1, -0.05) is 86.0 Å². The highest BCUT2D eigenvalue weighted by Crippen LogP contribution is 2.33. The zero-order valence-corrected chi connectivity index (χ0v) is 20.9. The molecule has 1 fully saturated rings. The molecule has 184 valence electrons. The molecule has 1 heterocycles. The fraction of sp³-hybridized carbons (Fsp3) is 0.367.